The van der Waals surface area contributed by atoms with E-state index in [2.05, 4.69) is 5.32 Å². The van der Waals surface area contributed by atoms with Crippen molar-refractivity contribution in [2.45, 2.75) is 45.2 Å². The van der Waals surface area contributed by atoms with Crippen molar-refractivity contribution in [2.75, 3.05) is 17.4 Å². The van der Waals surface area contributed by atoms with E-state index in [9.17, 15) is 22.4 Å². The van der Waals surface area contributed by atoms with Crippen LogP contribution >= 0.6 is 0 Å². The molecule has 0 unspecified atom stereocenters. The van der Waals surface area contributed by atoms with Crippen LogP contribution in [0.3, 0.4) is 0 Å². The summed E-state index contributed by atoms with van der Waals surface area (Å²) in [6.45, 7) is 6.94. The van der Waals surface area contributed by atoms with Crippen LogP contribution in [0.2, 0.25) is 0 Å². The molecule has 0 aliphatic heterocycles. The van der Waals surface area contributed by atoms with Crippen molar-refractivity contribution < 1.29 is 22.4 Å². The first-order valence-corrected chi connectivity index (χ1v) is 13.4. The summed E-state index contributed by atoms with van der Waals surface area (Å²) in [5, 5.41) is 2.70. The number of nitrogens with zero attached hydrogens (tertiary/aromatic N) is 2. The summed E-state index contributed by atoms with van der Waals surface area (Å²) in [5.41, 5.74) is 2.77. The average molecular weight is 526 g/mol. The molecule has 3 aromatic rings. The van der Waals surface area contributed by atoms with E-state index in [-0.39, 0.29) is 17.3 Å². The minimum atomic E-state index is -4.11. The first kappa shape index (κ1) is 27.9. The van der Waals surface area contributed by atoms with Gasteiger partial charge in [-0.1, -0.05) is 47.5 Å². The molecule has 37 heavy (non-hydrogen) atoms. The van der Waals surface area contributed by atoms with Gasteiger partial charge in [0.15, 0.2) is 0 Å². The zero-order valence-electron chi connectivity index (χ0n) is 21.4. The Labute approximate surface area is 218 Å². The summed E-state index contributed by atoms with van der Waals surface area (Å²) in [7, 11) is -4.11. The minimum Gasteiger partial charge on any atom is -0.355 e. The molecule has 0 saturated carbocycles. The molecule has 2 amide bonds. The van der Waals surface area contributed by atoms with Gasteiger partial charge in [-0.15, -0.1) is 0 Å². The lowest BCUT2D eigenvalue weighted by atomic mass is 10.1. The van der Waals surface area contributed by atoms with Crippen molar-refractivity contribution in [3.05, 3.63) is 95.3 Å². The lowest BCUT2D eigenvalue weighted by Crippen LogP contribution is -2.51. The summed E-state index contributed by atoms with van der Waals surface area (Å²) in [4.78, 5) is 27.8. The van der Waals surface area contributed by atoms with Gasteiger partial charge in [0.05, 0.1) is 10.6 Å². The van der Waals surface area contributed by atoms with E-state index in [1.807, 2.05) is 13.8 Å². The molecule has 3 aromatic carbocycles. The predicted octanol–water partition coefficient (Wildman–Crippen LogP) is 4.19. The van der Waals surface area contributed by atoms with Crippen LogP contribution < -0.4 is 9.62 Å². The Morgan fingerprint density at radius 2 is 1.43 bits per heavy atom. The summed E-state index contributed by atoms with van der Waals surface area (Å²) < 4.78 is 42.0. The fraction of sp³-hybridized carbons (Fsp3) is 0.286. The molecular formula is C28H32FN3O4S. The van der Waals surface area contributed by atoms with E-state index in [0.717, 1.165) is 15.4 Å². The monoisotopic (exact) mass is 525 g/mol. The number of rotatable bonds is 10. The molecule has 196 valence electrons. The molecule has 9 heteroatoms. The van der Waals surface area contributed by atoms with Gasteiger partial charge in [0.1, 0.15) is 18.4 Å². The molecule has 0 bridgehead atoms. The minimum absolute atomic E-state index is 0.00370. The van der Waals surface area contributed by atoms with Crippen LogP contribution in [-0.2, 0) is 26.2 Å². The number of nitrogens with one attached hydrogen (secondary N) is 1. The topological polar surface area (TPSA) is 86.8 Å². The molecule has 0 saturated heterocycles. The Balaban J connectivity index is 2.01. The molecular weight excluding hydrogens is 493 g/mol. The van der Waals surface area contributed by atoms with Gasteiger partial charge in [-0.2, -0.15) is 0 Å². The van der Waals surface area contributed by atoms with E-state index in [1.54, 1.807) is 50.2 Å². The number of carbonyl (C=O) groups is 2. The highest BCUT2D eigenvalue weighted by Crippen LogP contribution is 2.25. The lowest BCUT2D eigenvalue weighted by molar-refractivity contribution is -0.139. The Kier molecular flexibility index (Phi) is 9.04. The van der Waals surface area contributed by atoms with Gasteiger partial charge in [0.2, 0.25) is 11.8 Å². The number of carbonyl (C=O) groups excluding carboxylic acids is 2. The third-order valence-electron chi connectivity index (χ3n) is 5.99. The van der Waals surface area contributed by atoms with E-state index in [1.165, 1.54) is 41.3 Å². The van der Waals surface area contributed by atoms with Crippen LogP contribution in [0.4, 0.5) is 10.1 Å². The van der Waals surface area contributed by atoms with Crippen LogP contribution in [0.1, 0.15) is 30.5 Å². The summed E-state index contributed by atoms with van der Waals surface area (Å²) in [6, 6.07) is 17.9. The first-order valence-electron chi connectivity index (χ1n) is 12.0. The lowest BCUT2D eigenvalue weighted by Gasteiger charge is -2.32. The maximum absolute atomic E-state index is 13.7. The standard InChI is InChI=1S/C28H32FN3O4S/c1-5-30-28(34)22(4)31(18-23-10-12-24(29)13-11-23)27(33)19-32(25-14-6-20(2)7-15-25)37(35,36)26-16-8-21(3)9-17-26/h6-17,22H,5,18-19H2,1-4H3,(H,30,34)/t22-/m0/s1. The summed E-state index contributed by atoms with van der Waals surface area (Å²) in [6.07, 6.45) is 0. The summed E-state index contributed by atoms with van der Waals surface area (Å²) in [5.74, 6) is -1.37. The molecule has 0 radical (unpaired) electrons. The second-order valence-corrected chi connectivity index (χ2v) is 10.7. The highest BCUT2D eigenvalue weighted by Gasteiger charge is 2.32. The molecule has 0 aromatic heterocycles. The van der Waals surface area contributed by atoms with Crippen LogP contribution in [0.15, 0.2) is 77.7 Å². The van der Waals surface area contributed by atoms with Crippen molar-refractivity contribution in [3.63, 3.8) is 0 Å². The highest BCUT2D eigenvalue weighted by molar-refractivity contribution is 7.92. The SMILES string of the molecule is CCNC(=O)[C@H](C)N(Cc1ccc(F)cc1)C(=O)CN(c1ccc(C)cc1)S(=O)(=O)c1ccc(C)cc1. The van der Waals surface area contributed by atoms with Crippen LogP contribution in [0.5, 0.6) is 0 Å². The van der Waals surface area contributed by atoms with Gasteiger partial charge in [-0.25, -0.2) is 12.8 Å². The number of halogens is 1. The second-order valence-electron chi connectivity index (χ2n) is 8.88. The third kappa shape index (κ3) is 6.95. The number of aryl methyl sites for hydroxylation is 2. The van der Waals surface area contributed by atoms with Crippen LogP contribution in [0.25, 0.3) is 0 Å². The molecule has 0 aliphatic carbocycles. The van der Waals surface area contributed by atoms with Gasteiger partial charge in [0, 0.05) is 13.1 Å². The Morgan fingerprint density at radius 1 is 0.892 bits per heavy atom. The molecule has 0 spiro atoms. The second kappa shape index (κ2) is 12.0. The molecule has 0 fully saturated rings. The zero-order chi connectivity index (χ0) is 27.2. The molecule has 7 nitrogen and oxygen atoms in total. The van der Waals surface area contributed by atoms with Crippen molar-refractivity contribution in [2.24, 2.45) is 0 Å². The fourth-order valence-corrected chi connectivity index (χ4v) is 5.18. The average Bonchev–Trinajstić information content (AvgIpc) is 2.87. The number of hydrogen-bond acceptors (Lipinski definition) is 4. The zero-order valence-corrected chi connectivity index (χ0v) is 22.3. The van der Waals surface area contributed by atoms with Gasteiger partial charge < -0.3 is 10.2 Å². The van der Waals surface area contributed by atoms with Gasteiger partial charge >= 0.3 is 0 Å². The first-order chi connectivity index (χ1) is 17.5. The molecule has 0 aliphatic rings. The van der Waals surface area contributed by atoms with Crippen molar-refractivity contribution >= 4 is 27.5 Å². The number of anilines is 1. The Bertz CT molecular complexity index is 1330. The highest BCUT2D eigenvalue weighted by atomic mass is 32.2. The van der Waals surface area contributed by atoms with Gasteiger partial charge in [-0.3, -0.25) is 13.9 Å². The van der Waals surface area contributed by atoms with E-state index < -0.39 is 34.3 Å². The maximum atomic E-state index is 13.7. The summed E-state index contributed by atoms with van der Waals surface area (Å²) >= 11 is 0. The molecule has 0 heterocycles. The molecule has 1 N–H and O–H groups in total. The smallest absolute Gasteiger partial charge is 0.264 e. The predicted molar refractivity (Wildman–Crippen MR) is 142 cm³/mol. The normalized spacial score (nSPS) is 12.0. The number of benzene rings is 3. The van der Waals surface area contributed by atoms with Gasteiger partial charge in [0.25, 0.3) is 10.0 Å². The fourth-order valence-electron chi connectivity index (χ4n) is 3.77. The van der Waals surface area contributed by atoms with Crippen molar-refractivity contribution in [3.8, 4) is 0 Å². The number of likely N-dealkylation sites (N-methyl/N-ethyl adjacent to an activating group) is 1. The quantitative estimate of drug-likeness (QED) is 0.430. The number of hydrogen-bond donors (Lipinski definition) is 1. The van der Waals surface area contributed by atoms with Crippen LogP contribution in [0, 0.1) is 19.7 Å². The van der Waals surface area contributed by atoms with Gasteiger partial charge in [-0.05, 0) is 69.7 Å². The Morgan fingerprint density at radius 3 is 1.97 bits per heavy atom. The molecule has 3 rings (SSSR count). The van der Waals surface area contributed by atoms with Crippen molar-refractivity contribution in [1.82, 2.24) is 10.2 Å². The molecule has 1 atom stereocenters. The maximum Gasteiger partial charge on any atom is 0.264 e. The largest absolute Gasteiger partial charge is 0.355 e. The third-order valence-corrected chi connectivity index (χ3v) is 7.78. The number of sulfonamides is 1. The van der Waals surface area contributed by atoms with Crippen LogP contribution in [-0.4, -0.2) is 44.3 Å². The van der Waals surface area contributed by atoms with Crippen molar-refractivity contribution in [1.29, 1.82) is 0 Å². The number of amides is 2. The van der Waals surface area contributed by atoms with E-state index in [4.69, 9.17) is 0 Å². The van der Waals surface area contributed by atoms with E-state index in [0.29, 0.717) is 17.8 Å². The Hall–Kier alpha value is -3.72. The van der Waals surface area contributed by atoms with E-state index >= 15 is 0 Å².